The number of hydrogen-bond acceptors (Lipinski definition) is 9. The maximum absolute atomic E-state index is 12.6. The molecule has 1 saturated heterocycles. The molecule has 1 amide bonds. The van der Waals surface area contributed by atoms with Crippen molar-refractivity contribution in [1.82, 2.24) is 24.8 Å². The Kier molecular flexibility index (Phi) is 6.14. The summed E-state index contributed by atoms with van der Waals surface area (Å²) in [6.45, 7) is 4.54. The normalized spacial score (nSPS) is 14.7. The van der Waals surface area contributed by atoms with E-state index >= 15 is 0 Å². The highest BCUT2D eigenvalue weighted by Gasteiger charge is 2.24. The van der Waals surface area contributed by atoms with Gasteiger partial charge in [-0.25, -0.2) is 9.78 Å². The highest BCUT2D eigenvalue weighted by Crippen LogP contribution is 2.32. The number of carbonyl (C=O) groups is 2. The number of anilines is 1. The van der Waals surface area contributed by atoms with Crippen molar-refractivity contribution in [1.29, 1.82) is 0 Å². The molecule has 12 nitrogen and oxygen atoms in total. The fraction of sp³-hybridized carbons (Fsp3) is 0.304. The number of aromatic carboxylic acids is 1. The van der Waals surface area contributed by atoms with Gasteiger partial charge in [0.1, 0.15) is 11.2 Å². The first-order valence-electron chi connectivity index (χ1n) is 11.2. The molecule has 1 aromatic carbocycles. The molecule has 0 atom stereocenters. The third-order valence-electron chi connectivity index (χ3n) is 6.08. The number of carboxylic acids is 1. The molecule has 186 valence electrons. The number of hydrogen-bond donors (Lipinski definition) is 2. The summed E-state index contributed by atoms with van der Waals surface area (Å²) in [6, 6.07) is 4.95. The van der Waals surface area contributed by atoms with Crippen LogP contribution < -0.4 is 25.1 Å². The largest absolute Gasteiger partial charge is 0.477 e. The standard InChI is InChI=1S/C23H22N6O6S/c1-2-27-11-15(21(32)33)18(30)14-10-24-22(25-19(14)27)28-5-7-29(8-6-28)23(36)26-20(31)13-3-4-16-17(9-13)35-12-34-16/h3-4,9-11H,2,5-8,12H2,1H3,(H,32,33)(H,26,31,36). The van der Waals surface area contributed by atoms with Gasteiger partial charge in [-0.15, -0.1) is 0 Å². The second kappa shape index (κ2) is 9.41. The minimum absolute atomic E-state index is 0.129. The number of piperazine rings is 1. The molecule has 4 heterocycles. The second-order valence-corrected chi connectivity index (χ2v) is 8.56. The molecule has 13 heteroatoms. The first-order chi connectivity index (χ1) is 17.4. The highest BCUT2D eigenvalue weighted by molar-refractivity contribution is 7.80. The number of amides is 1. The Morgan fingerprint density at radius 2 is 1.92 bits per heavy atom. The molecule has 0 unspecified atom stereocenters. The number of aromatic nitrogens is 3. The Morgan fingerprint density at radius 3 is 2.64 bits per heavy atom. The van der Waals surface area contributed by atoms with E-state index in [1.165, 1.54) is 12.4 Å². The molecule has 5 rings (SSSR count). The third kappa shape index (κ3) is 4.28. The SMILES string of the molecule is CCn1cc(C(=O)O)c(=O)c2cnc(N3CCN(C(=S)NC(=O)c4ccc5c(c4)OCO5)CC3)nc21. The van der Waals surface area contributed by atoms with E-state index in [0.29, 0.717) is 66.5 Å². The van der Waals surface area contributed by atoms with Gasteiger partial charge in [0, 0.05) is 50.7 Å². The van der Waals surface area contributed by atoms with Gasteiger partial charge in [0.05, 0.1) is 5.39 Å². The summed E-state index contributed by atoms with van der Waals surface area (Å²) in [4.78, 5) is 49.3. The third-order valence-corrected chi connectivity index (χ3v) is 6.44. The fourth-order valence-electron chi connectivity index (χ4n) is 4.11. The monoisotopic (exact) mass is 510 g/mol. The van der Waals surface area contributed by atoms with Crippen LogP contribution in [0.15, 0.2) is 35.4 Å². The van der Waals surface area contributed by atoms with Gasteiger partial charge in [0.15, 0.2) is 16.6 Å². The van der Waals surface area contributed by atoms with Crippen LogP contribution in [0.3, 0.4) is 0 Å². The zero-order valence-electron chi connectivity index (χ0n) is 19.3. The molecule has 0 aliphatic carbocycles. The molecule has 2 aliphatic heterocycles. The van der Waals surface area contributed by atoms with Crippen molar-refractivity contribution in [2.24, 2.45) is 0 Å². The Labute approximate surface area is 210 Å². The summed E-state index contributed by atoms with van der Waals surface area (Å²) in [6.07, 6.45) is 2.68. The van der Waals surface area contributed by atoms with Crippen molar-refractivity contribution >= 4 is 46.2 Å². The minimum Gasteiger partial charge on any atom is -0.477 e. The van der Waals surface area contributed by atoms with Crippen LogP contribution in [0.25, 0.3) is 11.0 Å². The number of aryl methyl sites for hydroxylation is 1. The van der Waals surface area contributed by atoms with Gasteiger partial charge in [0.25, 0.3) is 5.91 Å². The first-order valence-corrected chi connectivity index (χ1v) is 11.6. The Bertz CT molecular complexity index is 1450. The first kappa shape index (κ1) is 23.5. The van der Waals surface area contributed by atoms with E-state index < -0.39 is 11.4 Å². The van der Waals surface area contributed by atoms with Crippen LogP contribution in [0.2, 0.25) is 0 Å². The van der Waals surface area contributed by atoms with E-state index in [9.17, 15) is 19.5 Å². The lowest BCUT2D eigenvalue weighted by atomic mass is 10.2. The number of nitrogens with one attached hydrogen (secondary N) is 1. The zero-order chi connectivity index (χ0) is 25.4. The Balaban J connectivity index is 1.26. The molecule has 0 radical (unpaired) electrons. The zero-order valence-corrected chi connectivity index (χ0v) is 20.1. The number of fused-ring (bicyclic) bond motifs is 2. The summed E-state index contributed by atoms with van der Waals surface area (Å²) >= 11 is 5.45. The van der Waals surface area contributed by atoms with Crippen LogP contribution in [0.5, 0.6) is 11.5 Å². The predicted molar refractivity (Wildman–Crippen MR) is 133 cm³/mol. The Hall–Kier alpha value is -4.26. The second-order valence-electron chi connectivity index (χ2n) is 8.17. The van der Waals surface area contributed by atoms with Crippen molar-refractivity contribution in [2.45, 2.75) is 13.5 Å². The molecule has 2 aromatic heterocycles. The summed E-state index contributed by atoms with van der Waals surface area (Å²) in [5.41, 5.74) is -0.128. The summed E-state index contributed by atoms with van der Waals surface area (Å²) in [5, 5.41) is 12.5. The lowest BCUT2D eigenvalue weighted by Gasteiger charge is -2.36. The lowest BCUT2D eigenvalue weighted by molar-refractivity contribution is 0.0694. The summed E-state index contributed by atoms with van der Waals surface area (Å²) < 4.78 is 12.2. The molecule has 1 fully saturated rings. The lowest BCUT2D eigenvalue weighted by Crippen LogP contribution is -2.53. The van der Waals surface area contributed by atoms with Gasteiger partial charge in [-0.3, -0.25) is 14.9 Å². The van der Waals surface area contributed by atoms with Crippen molar-refractivity contribution in [3.63, 3.8) is 0 Å². The number of carbonyl (C=O) groups excluding carboxylic acids is 1. The van der Waals surface area contributed by atoms with Gasteiger partial charge in [0.2, 0.25) is 18.2 Å². The Morgan fingerprint density at radius 1 is 1.17 bits per heavy atom. The fourth-order valence-corrected chi connectivity index (χ4v) is 4.38. The van der Waals surface area contributed by atoms with Crippen LogP contribution in [0.4, 0.5) is 5.95 Å². The quantitative estimate of drug-likeness (QED) is 0.487. The van der Waals surface area contributed by atoms with Crippen LogP contribution in [0, 0.1) is 0 Å². The smallest absolute Gasteiger partial charge is 0.341 e. The number of thiocarbonyl (C=S) groups is 1. The van der Waals surface area contributed by atoms with Crippen molar-refractivity contribution < 1.29 is 24.2 Å². The molecular formula is C23H22N6O6S. The molecule has 2 N–H and O–H groups in total. The molecule has 2 aliphatic rings. The van der Waals surface area contributed by atoms with Crippen molar-refractivity contribution in [2.75, 3.05) is 37.9 Å². The molecular weight excluding hydrogens is 488 g/mol. The number of benzene rings is 1. The van der Waals surface area contributed by atoms with Gasteiger partial charge in [-0.2, -0.15) is 4.98 Å². The van der Waals surface area contributed by atoms with Crippen molar-refractivity contribution in [3.8, 4) is 11.5 Å². The van der Waals surface area contributed by atoms with Crippen LogP contribution in [-0.4, -0.2) is 74.5 Å². The van der Waals surface area contributed by atoms with Gasteiger partial charge in [-0.05, 0) is 37.3 Å². The van der Waals surface area contributed by atoms with Crippen LogP contribution >= 0.6 is 12.2 Å². The summed E-state index contributed by atoms with van der Waals surface area (Å²) in [7, 11) is 0. The predicted octanol–water partition coefficient (Wildman–Crippen LogP) is 1.08. The molecule has 0 bridgehead atoms. The number of nitrogens with zero attached hydrogens (tertiary/aromatic N) is 5. The number of ether oxygens (including phenoxy) is 2. The highest BCUT2D eigenvalue weighted by atomic mass is 32.1. The molecule has 0 spiro atoms. The van der Waals surface area contributed by atoms with E-state index in [4.69, 9.17) is 21.7 Å². The minimum atomic E-state index is -1.29. The van der Waals surface area contributed by atoms with Crippen molar-refractivity contribution in [3.05, 3.63) is 51.9 Å². The van der Waals surface area contributed by atoms with Gasteiger partial charge in [-0.1, -0.05) is 0 Å². The van der Waals surface area contributed by atoms with Gasteiger partial charge < -0.3 is 28.9 Å². The average molecular weight is 511 g/mol. The molecule has 3 aromatic rings. The van der Waals surface area contributed by atoms with Crippen LogP contribution in [-0.2, 0) is 6.54 Å². The molecule has 0 saturated carbocycles. The van der Waals surface area contributed by atoms with E-state index in [2.05, 4.69) is 15.3 Å². The maximum Gasteiger partial charge on any atom is 0.341 e. The van der Waals surface area contributed by atoms with E-state index in [1.807, 2.05) is 16.7 Å². The van der Waals surface area contributed by atoms with E-state index in [-0.39, 0.29) is 23.6 Å². The van der Waals surface area contributed by atoms with Gasteiger partial charge >= 0.3 is 5.97 Å². The molecule has 36 heavy (non-hydrogen) atoms. The number of pyridine rings is 1. The van der Waals surface area contributed by atoms with E-state index in [0.717, 1.165) is 0 Å². The maximum atomic E-state index is 12.6. The van der Waals surface area contributed by atoms with Crippen LogP contribution in [0.1, 0.15) is 27.6 Å². The summed E-state index contributed by atoms with van der Waals surface area (Å²) in [5.74, 6) is -0.0745. The number of carboxylic acid groups (broad SMARTS) is 1. The van der Waals surface area contributed by atoms with E-state index in [1.54, 1.807) is 22.8 Å². The topological polar surface area (TPSA) is 139 Å². The number of rotatable bonds is 4. The average Bonchev–Trinajstić information content (AvgIpc) is 3.36.